The number of aliphatic hydroxyl groups is 1. The summed E-state index contributed by atoms with van der Waals surface area (Å²) in [5, 5.41) is 13.9. The molecule has 1 aromatic heterocycles. The summed E-state index contributed by atoms with van der Waals surface area (Å²) < 4.78 is 54.1. The van der Waals surface area contributed by atoms with Crippen molar-refractivity contribution in [1.29, 1.82) is 0 Å². The van der Waals surface area contributed by atoms with Crippen LogP contribution >= 0.6 is 31.0 Å². The number of benzene rings is 2. The monoisotopic (exact) mass is 675 g/mol. The van der Waals surface area contributed by atoms with Crippen molar-refractivity contribution in [2.24, 2.45) is 0 Å². The highest BCUT2D eigenvalue weighted by Gasteiger charge is 2.37. The maximum atomic E-state index is 15.7. The molecule has 2 aliphatic rings. The predicted octanol–water partition coefficient (Wildman–Crippen LogP) is 5.66. The van der Waals surface area contributed by atoms with Gasteiger partial charge in [0.2, 0.25) is 11.8 Å². The fraction of sp³-hybridized carbons (Fsp3) is 0.370. The van der Waals surface area contributed by atoms with E-state index in [9.17, 15) is 27.9 Å². The Hall–Kier alpha value is -2.29. The van der Waals surface area contributed by atoms with Crippen molar-refractivity contribution < 1.29 is 32.3 Å². The van der Waals surface area contributed by atoms with Crippen LogP contribution < -0.4 is 5.32 Å². The molecule has 0 bridgehead atoms. The highest BCUT2D eigenvalue weighted by Crippen LogP contribution is 2.38. The minimum atomic E-state index is -4.39. The van der Waals surface area contributed by atoms with E-state index in [0.29, 0.717) is 37.1 Å². The molecule has 3 aromatic rings. The Morgan fingerprint density at radius 2 is 1.77 bits per heavy atom. The Bertz CT molecular complexity index is 1360. The number of piperidine rings is 2. The largest absolute Gasteiger partial charge is 0.416 e. The Morgan fingerprint density at radius 3 is 2.38 bits per heavy atom. The molecule has 0 aliphatic carbocycles. The van der Waals surface area contributed by atoms with Gasteiger partial charge in [0.15, 0.2) is 0 Å². The van der Waals surface area contributed by atoms with Crippen molar-refractivity contribution in [3.63, 3.8) is 0 Å². The van der Waals surface area contributed by atoms with Gasteiger partial charge in [-0.1, -0.05) is 18.2 Å². The lowest BCUT2D eigenvalue weighted by Crippen LogP contribution is -2.42. The molecule has 2 amide bonds. The van der Waals surface area contributed by atoms with Gasteiger partial charge in [0.05, 0.1) is 22.6 Å². The van der Waals surface area contributed by atoms with E-state index >= 15 is 4.39 Å². The first kappa shape index (κ1) is 29.7. The molecule has 39 heavy (non-hydrogen) atoms. The number of alkyl halides is 3. The predicted molar refractivity (Wildman–Crippen MR) is 150 cm³/mol. The van der Waals surface area contributed by atoms with Crippen LogP contribution in [0.5, 0.6) is 0 Å². The number of hydrogen-bond acceptors (Lipinski definition) is 6. The number of thiol groups is 1. The van der Waals surface area contributed by atoms with Crippen LogP contribution in [0.15, 0.2) is 48.7 Å². The van der Waals surface area contributed by atoms with Crippen LogP contribution in [0.2, 0.25) is 0 Å². The van der Waals surface area contributed by atoms with E-state index in [4.69, 9.17) is 0 Å². The zero-order valence-electron chi connectivity index (χ0n) is 20.6. The molecule has 12 heteroatoms. The van der Waals surface area contributed by atoms with Crippen molar-refractivity contribution in [2.45, 2.75) is 49.9 Å². The van der Waals surface area contributed by atoms with Gasteiger partial charge in [-0.2, -0.15) is 13.2 Å². The maximum absolute atomic E-state index is 15.7. The molecule has 2 aromatic carbocycles. The van der Waals surface area contributed by atoms with Crippen LogP contribution in [0.1, 0.15) is 53.9 Å². The lowest BCUT2D eigenvalue weighted by atomic mass is 9.83. The summed E-state index contributed by atoms with van der Waals surface area (Å²) >= 11 is 1.84. The number of imide groups is 1. The summed E-state index contributed by atoms with van der Waals surface area (Å²) in [7, 11) is 3.50. The van der Waals surface area contributed by atoms with Gasteiger partial charge in [0.1, 0.15) is 5.82 Å². The third-order valence-corrected chi connectivity index (χ3v) is 7.33. The quantitative estimate of drug-likeness (QED) is 0.144. The van der Waals surface area contributed by atoms with E-state index in [-0.39, 0.29) is 36.1 Å². The number of likely N-dealkylation sites (tertiary alicyclic amines) is 1. The molecule has 3 heterocycles. The number of fused-ring (bicyclic) bond motifs is 1. The topological polar surface area (TPSA) is 82.5 Å². The van der Waals surface area contributed by atoms with Gasteiger partial charge in [-0.25, -0.2) is 4.39 Å². The van der Waals surface area contributed by atoms with Crippen LogP contribution in [0.4, 0.5) is 17.6 Å². The molecule has 0 spiro atoms. The van der Waals surface area contributed by atoms with Gasteiger partial charge < -0.3 is 5.11 Å². The van der Waals surface area contributed by atoms with Crippen LogP contribution in [0.25, 0.3) is 10.9 Å². The van der Waals surface area contributed by atoms with Crippen LogP contribution in [0.3, 0.4) is 0 Å². The third-order valence-electron chi connectivity index (χ3n) is 7.33. The van der Waals surface area contributed by atoms with Crippen molar-refractivity contribution in [3.05, 3.63) is 76.7 Å². The van der Waals surface area contributed by atoms with Crippen molar-refractivity contribution in [2.75, 3.05) is 13.1 Å². The summed E-state index contributed by atoms with van der Waals surface area (Å²) in [5.74, 6) is -1.98. The Kier molecular flexibility index (Phi) is 9.19. The second kappa shape index (κ2) is 12.1. The van der Waals surface area contributed by atoms with E-state index in [1.807, 2.05) is 26.1 Å². The number of rotatable bonds is 4. The molecule has 0 saturated carbocycles. The summed E-state index contributed by atoms with van der Waals surface area (Å²) in [4.78, 5) is 30.0. The summed E-state index contributed by atoms with van der Waals surface area (Å²) in [5.41, 5.74) is -0.350. The van der Waals surface area contributed by atoms with Gasteiger partial charge in [-0.3, -0.25) is 24.8 Å². The number of aromatic nitrogens is 1. The molecule has 0 radical (unpaired) electrons. The Labute approximate surface area is 240 Å². The Morgan fingerprint density at radius 1 is 1.10 bits per heavy atom. The average Bonchev–Trinajstić information content (AvgIpc) is 2.91. The van der Waals surface area contributed by atoms with E-state index < -0.39 is 35.0 Å². The molecular weight excluding hydrogens is 649 g/mol. The molecule has 2 N–H and O–H groups in total. The highest BCUT2D eigenvalue weighted by molar-refractivity contribution is 14.2. The molecule has 1 unspecified atom stereocenters. The number of hydrogen-bond donors (Lipinski definition) is 3. The number of carbonyl (C=O) groups excluding carboxylic acids is 2. The number of halogens is 5. The zero-order valence-corrected chi connectivity index (χ0v) is 23.7. The summed E-state index contributed by atoms with van der Waals surface area (Å²) in [6.45, 7) is 1.29. The standard InChI is InChI=1S/C27H25F4N3O3.HIS/c28-24-20-13-17(19-5-8-23(35)33-25(19)36)14-32-22(20)7-6-21(24)26(37)9-11-34(12-10-26)15-16-1-3-18(4-2-16)27(29,30)31;1-2/h1-4,6-7,13-14,19,37H,5,8-12,15H2,(H,33,35,36);2H. The number of amides is 2. The minimum Gasteiger partial charge on any atom is -0.385 e. The summed E-state index contributed by atoms with van der Waals surface area (Å²) in [6, 6.07) is 9.72. The number of nitrogens with zero attached hydrogens (tertiary/aromatic N) is 2. The third kappa shape index (κ3) is 6.55. The fourth-order valence-electron chi connectivity index (χ4n) is 5.15. The lowest BCUT2D eigenvalue weighted by molar-refractivity contribution is -0.138. The van der Waals surface area contributed by atoms with E-state index in [1.165, 1.54) is 24.4 Å². The maximum Gasteiger partial charge on any atom is 0.416 e. The van der Waals surface area contributed by atoms with Crippen molar-refractivity contribution in [1.82, 2.24) is 15.2 Å². The van der Waals surface area contributed by atoms with E-state index in [2.05, 4.69) is 20.1 Å². The first-order chi connectivity index (χ1) is 18.5. The molecule has 6 nitrogen and oxygen atoms in total. The smallest absolute Gasteiger partial charge is 0.385 e. The van der Waals surface area contributed by atoms with Gasteiger partial charge in [0.25, 0.3) is 0 Å². The number of nitrogens with one attached hydrogen (secondary N) is 1. The molecule has 5 rings (SSSR count). The first-order valence-corrected chi connectivity index (χ1v) is 15.5. The summed E-state index contributed by atoms with van der Waals surface area (Å²) in [6.07, 6.45) is -1.87. The average molecular weight is 675 g/mol. The SMILES string of the molecule is O=C1CCC(c2cnc3ccc(C4(O)CCN(Cc5ccc(C(F)(F)F)cc5)CC4)c(F)c3c2)C(=O)N1.SI. The van der Waals surface area contributed by atoms with Crippen LogP contribution in [0, 0.1) is 5.82 Å². The van der Waals surface area contributed by atoms with Crippen molar-refractivity contribution >= 4 is 53.7 Å². The van der Waals surface area contributed by atoms with Gasteiger partial charge in [0, 0.05) is 43.2 Å². The zero-order chi connectivity index (χ0) is 28.4. The Balaban J connectivity index is 0.00000172. The highest BCUT2D eigenvalue weighted by atomic mass is 127. The molecule has 2 aliphatic heterocycles. The van der Waals surface area contributed by atoms with E-state index in [0.717, 1.165) is 17.7 Å². The number of carbonyl (C=O) groups is 2. The normalized spacial score (nSPS) is 19.8. The molecule has 2 fully saturated rings. The molecule has 2 saturated heterocycles. The van der Waals surface area contributed by atoms with Crippen LogP contribution in [-0.2, 0) is 27.9 Å². The van der Waals surface area contributed by atoms with Gasteiger partial charge >= 0.3 is 6.18 Å². The van der Waals surface area contributed by atoms with Gasteiger partial charge in [-0.05, 0) is 75.9 Å². The number of pyridine rings is 1. The lowest BCUT2D eigenvalue weighted by Gasteiger charge is -2.38. The fourth-order valence-corrected chi connectivity index (χ4v) is 5.15. The molecule has 1 atom stereocenters. The minimum absolute atomic E-state index is 0.149. The van der Waals surface area contributed by atoms with Gasteiger partial charge in [-0.15, -0.1) is 9.80 Å². The second-order valence-electron chi connectivity index (χ2n) is 9.77. The first-order valence-electron chi connectivity index (χ1n) is 12.2. The molecular formula is C27H26F4IN3O3S. The van der Waals surface area contributed by atoms with Crippen LogP contribution in [-0.4, -0.2) is 39.9 Å². The van der Waals surface area contributed by atoms with Crippen molar-refractivity contribution in [3.8, 4) is 0 Å². The second-order valence-corrected chi connectivity index (χ2v) is 9.77. The van der Waals surface area contributed by atoms with E-state index in [1.54, 1.807) is 12.1 Å². The molecule has 208 valence electrons.